The van der Waals surface area contributed by atoms with Crippen LogP contribution in [0.3, 0.4) is 0 Å². The Morgan fingerprint density at radius 2 is 2.06 bits per heavy atom. The van der Waals surface area contributed by atoms with Gasteiger partial charge in [0.25, 0.3) is 0 Å². The minimum Gasteiger partial charge on any atom is -0.314 e. The zero-order chi connectivity index (χ0) is 13.3. The van der Waals surface area contributed by atoms with Gasteiger partial charge in [0.2, 0.25) is 0 Å². The van der Waals surface area contributed by atoms with Crippen LogP contribution in [0.5, 0.6) is 0 Å². The highest BCUT2D eigenvalue weighted by atomic mass is 35.5. The van der Waals surface area contributed by atoms with Crippen LogP contribution in [0.1, 0.15) is 32.8 Å². The standard InChI is InChI=1S/C15H21Cl2N/c1-4-18-14(12-9-15(12,2)3)8-10-7-11(16)5-6-13(10)17/h5-7,12,14,18H,4,8-9H2,1-3H3. The van der Waals surface area contributed by atoms with Crippen molar-refractivity contribution in [3.63, 3.8) is 0 Å². The van der Waals surface area contributed by atoms with Gasteiger partial charge in [-0.3, -0.25) is 0 Å². The molecule has 0 spiro atoms. The van der Waals surface area contributed by atoms with Crippen LogP contribution in [0, 0.1) is 11.3 Å². The van der Waals surface area contributed by atoms with Crippen molar-refractivity contribution in [1.82, 2.24) is 5.32 Å². The second-order valence-corrected chi connectivity index (χ2v) is 6.75. The van der Waals surface area contributed by atoms with Crippen molar-refractivity contribution >= 4 is 23.2 Å². The fraction of sp³-hybridized carbons (Fsp3) is 0.600. The maximum atomic E-state index is 6.25. The maximum Gasteiger partial charge on any atom is 0.0439 e. The average Bonchev–Trinajstić information content (AvgIpc) is 2.92. The molecule has 0 radical (unpaired) electrons. The minimum atomic E-state index is 0.470. The van der Waals surface area contributed by atoms with E-state index in [1.807, 2.05) is 18.2 Å². The largest absolute Gasteiger partial charge is 0.314 e. The lowest BCUT2D eigenvalue weighted by atomic mass is 9.97. The molecule has 3 heteroatoms. The van der Waals surface area contributed by atoms with Gasteiger partial charge in [0, 0.05) is 16.1 Å². The van der Waals surface area contributed by atoms with Gasteiger partial charge >= 0.3 is 0 Å². The predicted octanol–water partition coefficient (Wildman–Crippen LogP) is 4.56. The molecular weight excluding hydrogens is 265 g/mol. The molecule has 1 N–H and O–H groups in total. The molecule has 2 atom stereocenters. The van der Waals surface area contributed by atoms with E-state index in [9.17, 15) is 0 Å². The third-order valence-electron chi connectivity index (χ3n) is 3.99. The Labute approximate surface area is 120 Å². The van der Waals surface area contributed by atoms with E-state index in [4.69, 9.17) is 23.2 Å². The van der Waals surface area contributed by atoms with E-state index in [-0.39, 0.29) is 0 Å². The van der Waals surface area contributed by atoms with Crippen molar-refractivity contribution < 1.29 is 0 Å². The summed E-state index contributed by atoms with van der Waals surface area (Å²) in [5, 5.41) is 5.18. The van der Waals surface area contributed by atoms with Crippen LogP contribution >= 0.6 is 23.2 Å². The smallest absolute Gasteiger partial charge is 0.0439 e. The Morgan fingerprint density at radius 1 is 1.39 bits per heavy atom. The molecule has 1 aliphatic carbocycles. The summed E-state index contributed by atoms with van der Waals surface area (Å²) in [5.41, 5.74) is 1.62. The Bertz CT molecular complexity index is 429. The highest BCUT2D eigenvalue weighted by molar-refractivity contribution is 6.33. The summed E-state index contributed by atoms with van der Waals surface area (Å²) in [6.45, 7) is 7.82. The highest BCUT2D eigenvalue weighted by Gasteiger charge is 2.49. The summed E-state index contributed by atoms with van der Waals surface area (Å²) in [6, 6.07) is 6.22. The molecule has 2 rings (SSSR count). The summed E-state index contributed by atoms with van der Waals surface area (Å²) in [5.74, 6) is 0.743. The van der Waals surface area contributed by atoms with Gasteiger partial charge in [-0.25, -0.2) is 0 Å². The molecule has 100 valence electrons. The van der Waals surface area contributed by atoms with Gasteiger partial charge < -0.3 is 5.32 Å². The van der Waals surface area contributed by atoms with Crippen molar-refractivity contribution in [2.45, 2.75) is 39.7 Å². The van der Waals surface area contributed by atoms with Crippen molar-refractivity contribution in [1.29, 1.82) is 0 Å². The van der Waals surface area contributed by atoms with Crippen LogP contribution in [-0.2, 0) is 6.42 Å². The van der Waals surface area contributed by atoms with E-state index in [0.29, 0.717) is 11.5 Å². The molecule has 0 saturated heterocycles. The van der Waals surface area contributed by atoms with Crippen LogP contribution in [0.25, 0.3) is 0 Å². The monoisotopic (exact) mass is 285 g/mol. The lowest BCUT2D eigenvalue weighted by Crippen LogP contribution is -2.34. The average molecular weight is 286 g/mol. The van der Waals surface area contributed by atoms with E-state index >= 15 is 0 Å². The Morgan fingerprint density at radius 3 is 2.61 bits per heavy atom. The molecule has 1 nitrogen and oxygen atoms in total. The molecule has 1 aromatic rings. The highest BCUT2D eigenvalue weighted by Crippen LogP contribution is 2.54. The summed E-state index contributed by atoms with van der Waals surface area (Å²) in [7, 11) is 0. The molecule has 0 aromatic heterocycles. The van der Waals surface area contributed by atoms with Crippen molar-refractivity contribution in [2.75, 3.05) is 6.54 Å². The molecule has 2 unspecified atom stereocenters. The van der Waals surface area contributed by atoms with Gasteiger partial charge in [0.05, 0.1) is 0 Å². The number of hydrogen-bond donors (Lipinski definition) is 1. The zero-order valence-electron chi connectivity index (χ0n) is 11.3. The van der Waals surface area contributed by atoms with E-state index in [0.717, 1.165) is 34.5 Å². The number of halogens is 2. The predicted molar refractivity (Wildman–Crippen MR) is 79.5 cm³/mol. The third kappa shape index (κ3) is 3.20. The number of benzene rings is 1. The first-order valence-electron chi connectivity index (χ1n) is 6.61. The van der Waals surface area contributed by atoms with Gasteiger partial charge in [0.1, 0.15) is 0 Å². The third-order valence-corrected chi connectivity index (χ3v) is 4.59. The van der Waals surface area contributed by atoms with E-state index in [1.54, 1.807) is 0 Å². The van der Waals surface area contributed by atoms with Crippen molar-refractivity contribution in [2.24, 2.45) is 11.3 Å². The minimum absolute atomic E-state index is 0.470. The molecule has 18 heavy (non-hydrogen) atoms. The molecule has 0 amide bonds. The molecular formula is C15H21Cl2N. The lowest BCUT2D eigenvalue weighted by molar-refractivity contribution is 0.409. The lowest BCUT2D eigenvalue weighted by Gasteiger charge is -2.20. The zero-order valence-corrected chi connectivity index (χ0v) is 12.8. The Balaban J connectivity index is 2.11. The maximum absolute atomic E-state index is 6.25. The molecule has 1 aliphatic rings. The van der Waals surface area contributed by atoms with Gasteiger partial charge in [-0.2, -0.15) is 0 Å². The SMILES string of the molecule is CCNC(Cc1cc(Cl)ccc1Cl)C1CC1(C)C. The fourth-order valence-electron chi connectivity index (χ4n) is 2.75. The summed E-state index contributed by atoms with van der Waals surface area (Å²) < 4.78 is 0. The number of rotatable bonds is 5. The Kier molecular flexibility index (Phi) is 4.25. The molecule has 0 bridgehead atoms. The first kappa shape index (κ1) is 14.2. The second kappa shape index (κ2) is 5.40. The molecule has 1 aromatic carbocycles. The summed E-state index contributed by atoms with van der Waals surface area (Å²) in [6.07, 6.45) is 2.25. The van der Waals surface area contributed by atoms with E-state index < -0.39 is 0 Å². The first-order valence-corrected chi connectivity index (χ1v) is 7.37. The number of nitrogens with one attached hydrogen (secondary N) is 1. The van der Waals surface area contributed by atoms with Crippen LogP contribution in [0.2, 0.25) is 10.0 Å². The quantitative estimate of drug-likeness (QED) is 0.836. The molecule has 1 fully saturated rings. The molecule has 0 aliphatic heterocycles. The van der Waals surface area contributed by atoms with Crippen LogP contribution < -0.4 is 5.32 Å². The van der Waals surface area contributed by atoms with Gasteiger partial charge in [0.15, 0.2) is 0 Å². The van der Waals surface area contributed by atoms with Crippen LogP contribution in [-0.4, -0.2) is 12.6 Å². The van der Waals surface area contributed by atoms with E-state index in [1.165, 1.54) is 6.42 Å². The van der Waals surface area contributed by atoms with Crippen molar-refractivity contribution in [3.05, 3.63) is 33.8 Å². The van der Waals surface area contributed by atoms with Gasteiger partial charge in [-0.15, -0.1) is 0 Å². The Hall–Kier alpha value is -0.240. The van der Waals surface area contributed by atoms with Crippen LogP contribution in [0.15, 0.2) is 18.2 Å². The summed E-state index contributed by atoms with van der Waals surface area (Å²) in [4.78, 5) is 0. The van der Waals surface area contributed by atoms with Crippen LogP contribution in [0.4, 0.5) is 0 Å². The van der Waals surface area contributed by atoms with Crippen molar-refractivity contribution in [3.8, 4) is 0 Å². The summed E-state index contributed by atoms with van der Waals surface area (Å²) >= 11 is 12.3. The van der Waals surface area contributed by atoms with Gasteiger partial charge in [-0.1, -0.05) is 44.0 Å². The fourth-order valence-corrected chi connectivity index (χ4v) is 3.14. The van der Waals surface area contributed by atoms with E-state index in [2.05, 4.69) is 26.1 Å². The normalized spacial score (nSPS) is 22.8. The second-order valence-electron chi connectivity index (χ2n) is 5.90. The molecule has 0 heterocycles. The number of hydrogen-bond acceptors (Lipinski definition) is 1. The van der Waals surface area contributed by atoms with Gasteiger partial charge in [-0.05, 0) is 54.5 Å². The topological polar surface area (TPSA) is 12.0 Å². The number of likely N-dealkylation sites (N-methyl/N-ethyl adjacent to an activating group) is 1. The molecule has 1 saturated carbocycles. The first-order chi connectivity index (χ1) is 8.44.